The van der Waals surface area contributed by atoms with Crippen LogP contribution in [0.5, 0.6) is 5.75 Å². The van der Waals surface area contributed by atoms with Gasteiger partial charge in [-0.1, -0.05) is 23.2 Å². The molecule has 0 N–H and O–H groups in total. The van der Waals surface area contributed by atoms with Gasteiger partial charge in [-0.05, 0) is 32.0 Å². The predicted octanol–water partition coefficient (Wildman–Crippen LogP) is 4.00. The van der Waals surface area contributed by atoms with E-state index in [4.69, 9.17) is 32.7 Å². The van der Waals surface area contributed by atoms with E-state index in [1.807, 2.05) is 25.5 Å². The number of hydrogen-bond donors (Lipinski definition) is 0. The maximum absolute atomic E-state index is 12.2. The van der Waals surface area contributed by atoms with Crippen LogP contribution in [0.3, 0.4) is 0 Å². The minimum Gasteiger partial charge on any atom is -0.494 e. The van der Waals surface area contributed by atoms with Crippen LogP contribution < -0.4 is 4.74 Å². The maximum Gasteiger partial charge on any atom is 0.338 e. The van der Waals surface area contributed by atoms with Crippen LogP contribution in [0.25, 0.3) is 0 Å². The third kappa shape index (κ3) is 3.57. The number of carbonyl (C=O) groups is 2. The topological polar surface area (TPSA) is 57.5 Å². The predicted molar refractivity (Wildman–Crippen MR) is 92.5 cm³/mol. The summed E-state index contributed by atoms with van der Waals surface area (Å²) >= 11 is 12.0. The zero-order valence-corrected chi connectivity index (χ0v) is 15.3. The van der Waals surface area contributed by atoms with Crippen LogP contribution >= 0.6 is 23.2 Å². The number of methoxy groups -OCH3 is 1. The third-order valence-corrected chi connectivity index (χ3v) is 4.41. The van der Waals surface area contributed by atoms with E-state index in [1.54, 1.807) is 6.07 Å². The van der Waals surface area contributed by atoms with Gasteiger partial charge in [0.25, 0.3) is 0 Å². The molecule has 5 nitrogen and oxygen atoms in total. The van der Waals surface area contributed by atoms with Gasteiger partial charge in [0, 0.05) is 24.0 Å². The number of aromatic nitrogens is 1. The van der Waals surface area contributed by atoms with Crippen molar-refractivity contribution in [1.29, 1.82) is 0 Å². The summed E-state index contributed by atoms with van der Waals surface area (Å²) in [5, 5.41) is 0.385. The number of carbonyl (C=O) groups excluding carboxylic acids is 2. The van der Waals surface area contributed by atoms with Crippen LogP contribution in [0.1, 0.15) is 32.1 Å². The van der Waals surface area contributed by atoms with Crippen LogP contribution in [0.4, 0.5) is 0 Å². The average Bonchev–Trinajstić information content (AvgIpc) is 2.79. The van der Waals surface area contributed by atoms with Crippen molar-refractivity contribution in [3.05, 3.63) is 50.8 Å². The number of Topliss-reactive ketones (excluding diaryl/α,β-unsaturated/α-hetero) is 1. The summed E-state index contributed by atoms with van der Waals surface area (Å²) in [5.41, 5.74) is 2.47. The van der Waals surface area contributed by atoms with Crippen molar-refractivity contribution in [2.24, 2.45) is 7.05 Å². The smallest absolute Gasteiger partial charge is 0.338 e. The van der Waals surface area contributed by atoms with Crippen LogP contribution in [0.2, 0.25) is 10.0 Å². The molecule has 0 bridgehead atoms. The lowest BCUT2D eigenvalue weighted by Gasteiger charge is -2.09. The van der Waals surface area contributed by atoms with Crippen molar-refractivity contribution < 1.29 is 19.1 Å². The van der Waals surface area contributed by atoms with E-state index in [0.717, 1.165) is 11.4 Å². The van der Waals surface area contributed by atoms with Crippen molar-refractivity contribution in [1.82, 2.24) is 4.57 Å². The number of nitrogens with zero attached hydrogens (tertiary/aromatic N) is 1. The first-order chi connectivity index (χ1) is 11.3. The van der Waals surface area contributed by atoms with Crippen LogP contribution in [-0.2, 0) is 11.8 Å². The van der Waals surface area contributed by atoms with Crippen LogP contribution in [0.15, 0.2) is 18.2 Å². The van der Waals surface area contributed by atoms with Gasteiger partial charge in [-0.25, -0.2) is 4.79 Å². The van der Waals surface area contributed by atoms with Crippen molar-refractivity contribution in [3.8, 4) is 5.75 Å². The molecule has 2 rings (SSSR count). The first-order valence-corrected chi connectivity index (χ1v) is 7.88. The molecule has 1 heterocycles. The molecular weight excluding hydrogens is 353 g/mol. The van der Waals surface area contributed by atoms with E-state index >= 15 is 0 Å². The summed E-state index contributed by atoms with van der Waals surface area (Å²) < 4.78 is 12.0. The molecule has 0 radical (unpaired) electrons. The summed E-state index contributed by atoms with van der Waals surface area (Å²) in [6, 6.07) is 4.54. The number of benzene rings is 1. The standard InChI is InChI=1S/C17H17Cl2NO4/c1-9-5-12(10(2)20(9)3)15(21)8-24-17(22)11-6-13(18)16(23-4)14(19)7-11/h5-7H,8H2,1-4H3. The minimum absolute atomic E-state index is 0.152. The molecule has 0 aliphatic carbocycles. The molecule has 0 saturated heterocycles. The van der Waals surface area contributed by atoms with Gasteiger partial charge in [-0.2, -0.15) is 0 Å². The Morgan fingerprint density at radius 2 is 1.71 bits per heavy atom. The second-order valence-corrected chi connectivity index (χ2v) is 6.13. The molecule has 0 aliphatic heterocycles. The molecule has 24 heavy (non-hydrogen) atoms. The first kappa shape index (κ1) is 18.4. The van der Waals surface area contributed by atoms with E-state index in [1.165, 1.54) is 19.2 Å². The molecule has 1 aromatic heterocycles. The van der Waals surface area contributed by atoms with Gasteiger partial charge >= 0.3 is 5.97 Å². The normalized spacial score (nSPS) is 10.6. The Labute approximate surface area is 150 Å². The van der Waals surface area contributed by atoms with E-state index in [2.05, 4.69) is 0 Å². The highest BCUT2D eigenvalue weighted by molar-refractivity contribution is 6.37. The Balaban J connectivity index is 2.10. The number of halogens is 2. The van der Waals surface area contributed by atoms with Crippen LogP contribution in [-0.4, -0.2) is 30.0 Å². The van der Waals surface area contributed by atoms with Gasteiger partial charge in [0.2, 0.25) is 5.78 Å². The summed E-state index contributed by atoms with van der Waals surface area (Å²) in [6.45, 7) is 3.38. The van der Waals surface area contributed by atoms with Gasteiger partial charge in [0.05, 0.1) is 22.7 Å². The molecule has 0 atom stereocenters. The Bertz CT molecular complexity index is 788. The zero-order chi connectivity index (χ0) is 18.0. The number of hydrogen-bond acceptors (Lipinski definition) is 4. The molecule has 0 spiro atoms. The summed E-state index contributed by atoms with van der Waals surface area (Å²) in [6.07, 6.45) is 0. The SMILES string of the molecule is COc1c(Cl)cc(C(=O)OCC(=O)c2cc(C)n(C)c2C)cc1Cl. The van der Waals surface area contributed by atoms with E-state index in [-0.39, 0.29) is 33.7 Å². The second-order valence-electron chi connectivity index (χ2n) is 5.32. The number of ether oxygens (including phenoxy) is 2. The van der Waals surface area contributed by atoms with Crippen molar-refractivity contribution >= 4 is 35.0 Å². The fourth-order valence-electron chi connectivity index (χ4n) is 2.30. The maximum atomic E-state index is 12.2. The Kier molecular flexibility index (Phi) is 5.57. The summed E-state index contributed by atoms with van der Waals surface area (Å²) in [4.78, 5) is 24.3. The largest absolute Gasteiger partial charge is 0.494 e. The summed E-state index contributed by atoms with van der Waals surface area (Å²) in [5.74, 6) is -0.670. The van der Waals surface area contributed by atoms with Crippen molar-refractivity contribution in [2.45, 2.75) is 13.8 Å². The number of ketones is 1. The van der Waals surface area contributed by atoms with Crippen molar-refractivity contribution in [2.75, 3.05) is 13.7 Å². The lowest BCUT2D eigenvalue weighted by molar-refractivity contribution is 0.0474. The molecular formula is C17H17Cl2NO4. The number of esters is 1. The monoisotopic (exact) mass is 369 g/mol. The van der Waals surface area contributed by atoms with Gasteiger partial charge in [-0.3, -0.25) is 4.79 Å². The van der Waals surface area contributed by atoms with Crippen LogP contribution in [0, 0.1) is 13.8 Å². The Hall–Kier alpha value is -1.98. The fraction of sp³-hybridized carbons (Fsp3) is 0.294. The molecule has 2 aromatic rings. The second kappa shape index (κ2) is 7.28. The molecule has 7 heteroatoms. The molecule has 0 amide bonds. The highest BCUT2D eigenvalue weighted by Crippen LogP contribution is 2.34. The highest BCUT2D eigenvalue weighted by atomic mass is 35.5. The molecule has 0 saturated carbocycles. The molecule has 1 aromatic carbocycles. The molecule has 0 fully saturated rings. The first-order valence-electron chi connectivity index (χ1n) is 7.12. The summed E-state index contributed by atoms with van der Waals surface area (Å²) in [7, 11) is 3.29. The van der Waals surface area contributed by atoms with E-state index in [9.17, 15) is 9.59 Å². The average molecular weight is 370 g/mol. The third-order valence-electron chi connectivity index (χ3n) is 3.85. The lowest BCUT2D eigenvalue weighted by atomic mass is 10.1. The lowest BCUT2D eigenvalue weighted by Crippen LogP contribution is -2.15. The van der Waals surface area contributed by atoms with Gasteiger partial charge in [0.1, 0.15) is 0 Å². The fourth-order valence-corrected chi connectivity index (χ4v) is 2.94. The van der Waals surface area contributed by atoms with Gasteiger partial charge in [-0.15, -0.1) is 0 Å². The quantitative estimate of drug-likeness (QED) is 0.590. The van der Waals surface area contributed by atoms with Gasteiger partial charge in [0.15, 0.2) is 12.4 Å². The number of rotatable bonds is 5. The van der Waals surface area contributed by atoms with Crippen molar-refractivity contribution in [3.63, 3.8) is 0 Å². The zero-order valence-electron chi connectivity index (χ0n) is 13.8. The Morgan fingerprint density at radius 1 is 1.12 bits per heavy atom. The molecule has 0 aliphatic rings. The highest BCUT2D eigenvalue weighted by Gasteiger charge is 2.18. The Morgan fingerprint density at radius 3 is 2.17 bits per heavy atom. The molecule has 0 unspecified atom stereocenters. The van der Waals surface area contributed by atoms with E-state index in [0.29, 0.717) is 5.56 Å². The van der Waals surface area contributed by atoms with Gasteiger partial charge < -0.3 is 14.0 Å². The number of aryl methyl sites for hydroxylation is 1. The molecule has 128 valence electrons. The van der Waals surface area contributed by atoms with E-state index < -0.39 is 5.97 Å². The minimum atomic E-state index is -0.680.